The molecule has 1 spiro atoms. The van der Waals surface area contributed by atoms with Gasteiger partial charge in [-0.15, -0.1) is 0 Å². The number of nitrogens with two attached hydrogens (primary N) is 1. The molecule has 1 heterocycles. The van der Waals surface area contributed by atoms with Crippen molar-refractivity contribution in [2.75, 3.05) is 11.1 Å². The molecule has 3 N–H and O–H groups in total. The van der Waals surface area contributed by atoms with Crippen molar-refractivity contribution in [3.63, 3.8) is 0 Å². The van der Waals surface area contributed by atoms with Crippen LogP contribution in [0, 0.1) is 17.0 Å². The smallest absolute Gasteiger partial charge is 0.398 e. The number of rotatable bonds is 4. The standard InChI is InChI=1S/C27H23ClF5N3O/c28-20-12-19(21(30)13-18(20)25(37)36-16-3-8-35-23(11-16)27(31,32)33)24-17(9-15(29)10-22(24)34)14-1-4-26(5-2-14)6-7-26/h3,8-14H,1-2,4-7,34H2,(H,35,36,37). The number of nitrogens with one attached hydrogen (secondary N) is 1. The van der Waals surface area contributed by atoms with Crippen molar-refractivity contribution in [2.24, 2.45) is 5.41 Å². The number of carbonyl (C=O) groups excluding carboxylic acids is 1. The number of alkyl halides is 3. The number of nitrogen functional groups attached to an aromatic ring is 1. The molecular formula is C27H23ClF5N3O. The minimum absolute atomic E-state index is 0.00916. The van der Waals surface area contributed by atoms with Gasteiger partial charge in [-0.2, -0.15) is 13.2 Å². The van der Waals surface area contributed by atoms with E-state index in [1.807, 2.05) is 0 Å². The molecule has 0 radical (unpaired) electrons. The van der Waals surface area contributed by atoms with Crippen LogP contribution in [0.3, 0.4) is 0 Å². The number of aromatic nitrogens is 1. The highest BCUT2D eigenvalue weighted by atomic mass is 35.5. The first-order valence-electron chi connectivity index (χ1n) is 11.9. The van der Waals surface area contributed by atoms with E-state index in [0.717, 1.165) is 44.0 Å². The van der Waals surface area contributed by atoms with Gasteiger partial charge in [-0.05, 0) is 91.8 Å². The summed E-state index contributed by atoms with van der Waals surface area (Å²) in [4.78, 5) is 16.0. The minimum Gasteiger partial charge on any atom is -0.398 e. The Labute approximate surface area is 215 Å². The quantitative estimate of drug-likeness (QED) is 0.263. The van der Waals surface area contributed by atoms with Crippen molar-refractivity contribution in [1.82, 2.24) is 4.98 Å². The molecular weight excluding hydrogens is 513 g/mol. The van der Waals surface area contributed by atoms with Crippen LogP contribution in [0.4, 0.5) is 33.3 Å². The Bertz CT molecular complexity index is 1380. The van der Waals surface area contributed by atoms with Crippen LogP contribution in [0.1, 0.15) is 66.1 Å². The van der Waals surface area contributed by atoms with E-state index >= 15 is 4.39 Å². The zero-order chi connectivity index (χ0) is 26.5. The second kappa shape index (κ2) is 9.28. The van der Waals surface area contributed by atoms with Crippen molar-refractivity contribution in [3.8, 4) is 11.1 Å². The van der Waals surface area contributed by atoms with Gasteiger partial charge < -0.3 is 11.1 Å². The summed E-state index contributed by atoms with van der Waals surface area (Å²) in [6, 6.07) is 6.50. The number of hydrogen-bond acceptors (Lipinski definition) is 3. The lowest BCUT2D eigenvalue weighted by Crippen LogP contribution is -2.16. The molecule has 2 fully saturated rings. The normalized spacial score (nSPS) is 17.1. The first kappa shape index (κ1) is 25.4. The van der Waals surface area contributed by atoms with Crippen molar-refractivity contribution >= 4 is 28.9 Å². The fourth-order valence-electron chi connectivity index (χ4n) is 5.27. The van der Waals surface area contributed by atoms with E-state index in [-0.39, 0.29) is 33.4 Å². The molecule has 194 valence electrons. The number of pyridine rings is 1. The Hall–Kier alpha value is -3.20. The molecule has 3 aromatic rings. The largest absolute Gasteiger partial charge is 0.433 e. The topological polar surface area (TPSA) is 68.0 Å². The van der Waals surface area contributed by atoms with Gasteiger partial charge in [0.05, 0.1) is 10.6 Å². The number of benzene rings is 2. The lowest BCUT2D eigenvalue weighted by Gasteiger charge is -2.30. The monoisotopic (exact) mass is 535 g/mol. The van der Waals surface area contributed by atoms with Gasteiger partial charge in [-0.1, -0.05) is 11.6 Å². The summed E-state index contributed by atoms with van der Waals surface area (Å²) < 4.78 is 68.6. The third kappa shape index (κ3) is 5.14. The second-order valence-electron chi connectivity index (χ2n) is 9.93. The summed E-state index contributed by atoms with van der Waals surface area (Å²) in [5.41, 5.74) is 5.98. The van der Waals surface area contributed by atoms with Crippen LogP contribution in [-0.4, -0.2) is 10.9 Å². The Morgan fingerprint density at radius 3 is 2.41 bits per heavy atom. The van der Waals surface area contributed by atoms with Crippen molar-refractivity contribution in [2.45, 2.75) is 50.6 Å². The molecule has 1 aromatic heterocycles. The number of nitrogens with zero attached hydrogens (tertiary/aromatic N) is 1. The highest BCUT2D eigenvalue weighted by Crippen LogP contribution is 2.59. The maximum absolute atomic E-state index is 15.4. The SMILES string of the molecule is Nc1cc(F)cc(C2CCC3(CC2)CC3)c1-c1cc(Cl)c(C(=O)Nc2ccnc(C(F)(F)F)c2)cc1F. The molecule has 2 aliphatic carbocycles. The lowest BCUT2D eigenvalue weighted by atomic mass is 9.75. The fraction of sp³-hybridized carbons (Fsp3) is 0.333. The molecule has 0 saturated heterocycles. The van der Waals surface area contributed by atoms with E-state index in [4.69, 9.17) is 17.3 Å². The van der Waals surface area contributed by atoms with E-state index in [0.29, 0.717) is 22.6 Å². The van der Waals surface area contributed by atoms with E-state index < -0.39 is 29.4 Å². The minimum atomic E-state index is -4.70. The Morgan fingerprint density at radius 2 is 1.76 bits per heavy atom. The number of amides is 1. The van der Waals surface area contributed by atoms with Crippen molar-refractivity contribution in [1.29, 1.82) is 0 Å². The molecule has 0 aliphatic heterocycles. The lowest BCUT2D eigenvalue weighted by molar-refractivity contribution is -0.141. The van der Waals surface area contributed by atoms with E-state index in [1.165, 1.54) is 31.0 Å². The molecule has 1 amide bonds. The third-order valence-electron chi connectivity index (χ3n) is 7.49. The molecule has 0 bridgehead atoms. The maximum Gasteiger partial charge on any atom is 0.433 e. The third-order valence-corrected chi connectivity index (χ3v) is 7.80. The van der Waals surface area contributed by atoms with Crippen molar-refractivity contribution in [3.05, 3.63) is 76.1 Å². The molecule has 10 heteroatoms. The zero-order valence-electron chi connectivity index (χ0n) is 19.6. The first-order valence-corrected chi connectivity index (χ1v) is 12.3. The summed E-state index contributed by atoms with van der Waals surface area (Å²) in [6.45, 7) is 0. The molecule has 2 aromatic carbocycles. The van der Waals surface area contributed by atoms with Gasteiger partial charge in [0, 0.05) is 28.7 Å². The summed E-state index contributed by atoms with van der Waals surface area (Å²) in [5, 5.41) is 2.16. The van der Waals surface area contributed by atoms with E-state index in [1.54, 1.807) is 0 Å². The van der Waals surface area contributed by atoms with Crippen LogP contribution in [0.5, 0.6) is 0 Å². The van der Waals surface area contributed by atoms with Crippen LogP contribution < -0.4 is 11.1 Å². The predicted molar refractivity (Wildman–Crippen MR) is 131 cm³/mol. The molecule has 4 nitrogen and oxygen atoms in total. The average Bonchev–Trinajstić information content (AvgIpc) is 3.59. The Balaban J connectivity index is 1.46. The number of hydrogen-bond donors (Lipinski definition) is 2. The van der Waals surface area contributed by atoms with Crippen LogP contribution in [0.25, 0.3) is 11.1 Å². The molecule has 37 heavy (non-hydrogen) atoms. The first-order chi connectivity index (χ1) is 17.5. The van der Waals surface area contributed by atoms with Gasteiger partial charge in [0.25, 0.3) is 5.91 Å². The maximum atomic E-state index is 15.4. The van der Waals surface area contributed by atoms with Gasteiger partial charge in [0.2, 0.25) is 0 Å². The van der Waals surface area contributed by atoms with Gasteiger partial charge >= 0.3 is 6.18 Å². The molecule has 2 saturated carbocycles. The highest BCUT2D eigenvalue weighted by molar-refractivity contribution is 6.34. The highest BCUT2D eigenvalue weighted by Gasteiger charge is 2.45. The molecule has 5 rings (SSSR count). The zero-order valence-corrected chi connectivity index (χ0v) is 20.3. The molecule has 2 aliphatic rings. The van der Waals surface area contributed by atoms with Crippen LogP contribution >= 0.6 is 11.6 Å². The Morgan fingerprint density at radius 1 is 1.05 bits per heavy atom. The number of carbonyl (C=O) groups is 1. The summed E-state index contributed by atoms with van der Waals surface area (Å²) in [7, 11) is 0. The predicted octanol–water partition coefficient (Wildman–Crippen LogP) is 7.97. The van der Waals surface area contributed by atoms with Crippen LogP contribution in [0.2, 0.25) is 5.02 Å². The summed E-state index contributed by atoms with van der Waals surface area (Å²) >= 11 is 6.35. The van der Waals surface area contributed by atoms with E-state index in [2.05, 4.69) is 10.3 Å². The van der Waals surface area contributed by atoms with Gasteiger partial charge in [-0.3, -0.25) is 9.78 Å². The van der Waals surface area contributed by atoms with Gasteiger partial charge in [0.1, 0.15) is 17.3 Å². The van der Waals surface area contributed by atoms with Gasteiger partial charge in [0.15, 0.2) is 0 Å². The van der Waals surface area contributed by atoms with Crippen molar-refractivity contribution < 1.29 is 26.7 Å². The Kier molecular flexibility index (Phi) is 6.38. The van der Waals surface area contributed by atoms with Gasteiger partial charge in [-0.25, -0.2) is 8.78 Å². The number of anilines is 2. The average molecular weight is 536 g/mol. The number of halogens is 6. The summed E-state index contributed by atoms with van der Waals surface area (Å²) in [5.74, 6) is -2.21. The second-order valence-corrected chi connectivity index (χ2v) is 10.3. The van der Waals surface area contributed by atoms with Crippen LogP contribution in [-0.2, 0) is 6.18 Å². The van der Waals surface area contributed by atoms with E-state index in [9.17, 15) is 22.4 Å². The summed E-state index contributed by atoms with van der Waals surface area (Å²) in [6.07, 6.45) is 2.37. The van der Waals surface area contributed by atoms with Crippen LogP contribution in [0.15, 0.2) is 42.6 Å². The molecule has 0 unspecified atom stereocenters. The molecule has 0 atom stereocenters. The fourth-order valence-corrected chi connectivity index (χ4v) is 5.52.